The zero-order valence-corrected chi connectivity index (χ0v) is 20.4. The van der Waals surface area contributed by atoms with Crippen molar-refractivity contribution in [3.8, 4) is 5.75 Å². The van der Waals surface area contributed by atoms with E-state index < -0.39 is 0 Å². The van der Waals surface area contributed by atoms with Crippen molar-refractivity contribution in [2.45, 2.75) is 52.1 Å². The molecule has 33 heavy (non-hydrogen) atoms. The average molecular weight is 465 g/mol. The van der Waals surface area contributed by atoms with Gasteiger partial charge in [0.2, 0.25) is 0 Å². The zero-order valence-electron chi connectivity index (χ0n) is 19.6. The highest BCUT2D eigenvalue weighted by atomic mass is 35.5. The number of hydrogen-bond donors (Lipinski definition) is 1. The van der Waals surface area contributed by atoms with E-state index in [1.807, 2.05) is 70.9 Å². The minimum Gasteiger partial charge on any atom is -0.488 e. The fraction of sp³-hybridized carbons (Fsp3) is 0.296. The molecule has 0 atom stereocenters. The second kappa shape index (κ2) is 11.1. The van der Waals surface area contributed by atoms with Gasteiger partial charge in [-0.15, -0.1) is 17.5 Å². The van der Waals surface area contributed by atoms with Crippen LogP contribution in [0.5, 0.6) is 5.75 Å². The molecule has 174 valence electrons. The number of rotatable bonds is 9. The third-order valence-electron chi connectivity index (χ3n) is 5.49. The fourth-order valence-corrected chi connectivity index (χ4v) is 3.76. The van der Waals surface area contributed by atoms with E-state index in [1.165, 1.54) is 19.3 Å². The molecule has 0 unspecified atom stereocenters. The number of para-hydroxylation sites is 2. The van der Waals surface area contributed by atoms with Crippen molar-refractivity contribution in [3.63, 3.8) is 0 Å². The van der Waals surface area contributed by atoms with E-state index in [2.05, 4.69) is 50.5 Å². The van der Waals surface area contributed by atoms with Crippen LogP contribution in [0.2, 0.25) is 0 Å². The van der Waals surface area contributed by atoms with Crippen LogP contribution in [0.3, 0.4) is 0 Å². The highest BCUT2D eigenvalue weighted by molar-refractivity contribution is 6.02. The Morgan fingerprint density at radius 1 is 0.818 bits per heavy atom. The lowest BCUT2D eigenvalue weighted by atomic mass is 10.0. The van der Waals surface area contributed by atoms with Gasteiger partial charge in [-0.25, -0.2) is 0 Å². The molecule has 0 bridgehead atoms. The van der Waals surface area contributed by atoms with Crippen LogP contribution in [0.4, 0.5) is 11.4 Å². The van der Waals surface area contributed by atoms with E-state index >= 15 is 0 Å². The first-order chi connectivity index (χ1) is 15.6. The topological polar surface area (TPSA) is 40.1 Å². The molecule has 3 aromatic rings. The molecule has 1 heterocycles. The van der Waals surface area contributed by atoms with Gasteiger partial charge in [0.05, 0.1) is 11.4 Å². The molecule has 1 aliphatic rings. The Bertz CT molecular complexity index is 1020. The van der Waals surface area contributed by atoms with Gasteiger partial charge in [0.1, 0.15) is 11.4 Å². The predicted molar refractivity (Wildman–Crippen MR) is 140 cm³/mol. The van der Waals surface area contributed by atoms with E-state index in [-0.39, 0.29) is 18.0 Å². The summed E-state index contributed by atoms with van der Waals surface area (Å²) in [7, 11) is 0. The number of ether oxygens (including phenoxy) is 1. The first kappa shape index (κ1) is 24.5. The standard InChI is InChI=1S/C27H32N4O.ClH/c1-4-5-12-21-27(2,3)32-25-19-17-22(18-20-25)26-28-30(23-13-8-6-9-14-23)31(29-26)24-15-10-7-11-16-24;/h6-11,13-20H,4-5,12,21H2,1-3H3,(H,28,29);1H. The summed E-state index contributed by atoms with van der Waals surface area (Å²) in [5, 5.41) is 8.70. The lowest BCUT2D eigenvalue weighted by Crippen LogP contribution is -2.44. The van der Waals surface area contributed by atoms with Crippen LogP contribution in [-0.2, 0) is 0 Å². The molecule has 0 fully saturated rings. The smallest absolute Gasteiger partial charge is 0.176 e. The van der Waals surface area contributed by atoms with Crippen LogP contribution in [0.25, 0.3) is 0 Å². The Balaban J connectivity index is 0.00000306. The minimum atomic E-state index is -0.173. The molecule has 6 heteroatoms. The summed E-state index contributed by atoms with van der Waals surface area (Å²) < 4.78 is 6.27. The van der Waals surface area contributed by atoms with E-state index in [1.54, 1.807) is 0 Å². The lowest BCUT2D eigenvalue weighted by Gasteiger charge is -2.27. The fourth-order valence-electron chi connectivity index (χ4n) is 3.76. The average Bonchev–Trinajstić information content (AvgIpc) is 3.26. The van der Waals surface area contributed by atoms with Crippen LogP contribution in [0.1, 0.15) is 52.0 Å². The number of halogens is 1. The molecule has 0 aromatic heterocycles. The quantitative estimate of drug-likeness (QED) is 0.347. The van der Waals surface area contributed by atoms with Crippen LogP contribution >= 0.6 is 12.4 Å². The highest BCUT2D eigenvalue weighted by Crippen LogP contribution is 2.27. The van der Waals surface area contributed by atoms with E-state index in [4.69, 9.17) is 9.84 Å². The van der Waals surface area contributed by atoms with E-state index in [0.29, 0.717) is 0 Å². The number of anilines is 2. The molecule has 1 aliphatic heterocycles. The van der Waals surface area contributed by atoms with E-state index in [9.17, 15) is 0 Å². The molecule has 4 rings (SSSR count). The van der Waals surface area contributed by atoms with Crippen molar-refractivity contribution < 1.29 is 4.74 Å². The molecule has 0 spiro atoms. The molecule has 1 N–H and O–H groups in total. The van der Waals surface area contributed by atoms with Gasteiger partial charge in [-0.2, -0.15) is 10.2 Å². The first-order valence-corrected chi connectivity index (χ1v) is 11.4. The summed E-state index contributed by atoms with van der Waals surface area (Å²) in [5.41, 5.74) is 6.25. The number of hydrazine groups is 2. The summed E-state index contributed by atoms with van der Waals surface area (Å²) in [6.07, 6.45) is 4.70. The molecule has 0 radical (unpaired) electrons. The van der Waals surface area contributed by atoms with Crippen molar-refractivity contribution in [1.82, 2.24) is 5.43 Å². The van der Waals surface area contributed by atoms with Crippen molar-refractivity contribution in [2.75, 3.05) is 10.2 Å². The number of hydrogen-bond acceptors (Lipinski definition) is 5. The normalized spacial score (nSPS) is 13.2. The molecule has 3 aromatic carbocycles. The molecule has 0 saturated carbocycles. The zero-order chi connectivity index (χ0) is 22.4. The van der Waals surface area contributed by atoms with Crippen LogP contribution in [-0.4, -0.2) is 11.4 Å². The number of amidine groups is 1. The van der Waals surface area contributed by atoms with Crippen molar-refractivity contribution in [1.29, 1.82) is 0 Å². The third kappa shape index (κ3) is 6.20. The van der Waals surface area contributed by atoms with Crippen molar-refractivity contribution in [2.24, 2.45) is 5.10 Å². The largest absolute Gasteiger partial charge is 0.488 e. The summed E-state index contributed by atoms with van der Waals surface area (Å²) in [4.78, 5) is 0. The number of nitrogens with zero attached hydrogens (tertiary/aromatic N) is 3. The van der Waals surface area contributed by atoms with Gasteiger partial charge in [0.25, 0.3) is 0 Å². The maximum Gasteiger partial charge on any atom is 0.176 e. The second-order valence-corrected chi connectivity index (χ2v) is 8.68. The van der Waals surface area contributed by atoms with Crippen molar-refractivity contribution >= 4 is 29.6 Å². The maximum absolute atomic E-state index is 6.27. The molecule has 0 amide bonds. The Labute approximate surface area is 203 Å². The molecular weight excluding hydrogens is 432 g/mol. The second-order valence-electron chi connectivity index (χ2n) is 8.68. The molecule has 0 saturated heterocycles. The Hall–Kier alpha value is -3.18. The van der Waals surface area contributed by atoms with Gasteiger partial charge in [-0.1, -0.05) is 56.2 Å². The number of nitrogens with one attached hydrogen (secondary N) is 1. The molecule has 5 nitrogen and oxygen atoms in total. The van der Waals surface area contributed by atoms with Gasteiger partial charge >= 0.3 is 0 Å². The van der Waals surface area contributed by atoms with E-state index in [0.717, 1.165) is 34.9 Å². The Kier molecular flexibility index (Phi) is 8.23. The lowest BCUT2D eigenvalue weighted by molar-refractivity contribution is 0.0962. The highest BCUT2D eigenvalue weighted by Gasteiger charge is 2.26. The van der Waals surface area contributed by atoms with Crippen LogP contribution < -0.4 is 20.4 Å². The number of hydrazone groups is 1. The Morgan fingerprint density at radius 3 is 2.03 bits per heavy atom. The van der Waals surface area contributed by atoms with Crippen molar-refractivity contribution in [3.05, 3.63) is 90.5 Å². The summed E-state index contributed by atoms with van der Waals surface area (Å²) in [6, 6.07) is 28.4. The summed E-state index contributed by atoms with van der Waals surface area (Å²) >= 11 is 0. The number of benzene rings is 3. The Morgan fingerprint density at radius 2 is 1.42 bits per heavy atom. The SMILES string of the molecule is CCCCCC(C)(C)Oc1ccc(C2=NN(c3ccccc3)N(c3ccccc3)N2)cc1.Cl. The monoisotopic (exact) mass is 464 g/mol. The van der Waals surface area contributed by atoms with Gasteiger partial charge < -0.3 is 4.74 Å². The first-order valence-electron chi connectivity index (χ1n) is 11.4. The van der Waals surface area contributed by atoms with Gasteiger partial charge in [-0.3, -0.25) is 5.43 Å². The number of unbranched alkanes of at least 4 members (excludes halogenated alkanes) is 2. The summed E-state index contributed by atoms with van der Waals surface area (Å²) in [6.45, 7) is 6.55. The predicted octanol–water partition coefficient (Wildman–Crippen LogP) is 6.95. The molecule has 0 aliphatic carbocycles. The van der Waals surface area contributed by atoms with Gasteiger partial charge in [0, 0.05) is 5.56 Å². The maximum atomic E-state index is 6.27. The van der Waals surface area contributed by atoms with Gasteiger partial charge in [0.15, 0.2) is 5.84 Å². The van der Waals surface area contributed by atoms with Gasteiger partial charge in [-0.05, 0) is 75.2 Å². The minimum absolute atomic E-state index is 0. The molecular formula is C27H33ClN4O. The third-order valence-corrected chi connectivity index (χ3v) is 5.49. The van der Waals surface area contributed by atoms with Crippen LogP contribution in [0.15, 0.2) is 90.0 Å². The summed E-state index contributed by atoms with van der Waals surface area (Å²) in [5.74, 6) is 1.67. The van der Waals surface area contributed by atoms with Crippen LogP contribution in [0, 0.1) is 0 Å².